The summed E-state index contributed by atoms with van der Waals surface area (Å²) in [5, 5.41) is 0. The van der Waals surface area contributed by atoms with Gasteiger partial charge in [-0.2, -0.15) is 0 Å². The summed E-state index contributed by atoms with van der Waals surface area (Å²) >= 11 is 5.86. The highest BCUT2D eigenvalue weighted by Crippen LogP contribution is 2.24. The Morgan fingerprint density at radius 3 is 2.50 bits per heavy atom. The van der Waals surface area contributed by atoms with Crippen molar-refractivity contribution in [1.82, 2.24) is 4.90 Å². The lowest BCUT2D eigenvalue weighted by molar-refractivity contribution is 0.181. The summed E-state index contributed by atoms with van der Waals surface area (Å²) < 4.78 is 0. The van der Waals surface area contributed by atoms with Crippen LogP contribution in [0.4, 0.5) is 0 Å². The quantitative estimate of drug-likeness (QED) is 0.616. The van der Waals surface area contributed by atoms with E-state index in [4.69, 9.17) is 11.6 Å². The molecule has 1 saturated carbocycles. The van der Waals surface area contributed by atoms with E-state index in [0.717, 1.165) is 24.4 Å². The summed E-state index contributed by atoms with van der Waals surface area (Å²) in [6, 6.07) is 0.836. The summed E-state index contributed by atoms with van der Waals surface area (Å²) in [4.78, 5) is 2.62. The molecule has 2 heteroatoms. The van der Waals surface area contributed by atoms with Gasteiger partial charge in [0, 0.05) is 25.0 Å². The highest BCUT2D eigenvalue weighted by Gasteiger charge is 2.22. The Kier molecular flexibility index (Phi) is 5.88. The summed E-state index contributed by atoms with van der Waals surface area (Å²) in [5.41, 5.74) is 0. The minimum absolute atomic E-state index is 0.785. The Bertz CT molecular complexity index is 143. The SMILES string of the molecule is CCC(C)CN(CCCl)C1CCCC1. The second-order valence-electron chi connectivity index (χ2n) is 4.64. The highest BCUT2D eigenvalue weighted by atomic mass is 35.5. The molecule has 0 aliphatic heterocycles. The van der Waals surface area contributed by atoms with Crippen LogP contribution in [-0.4, -0.2) is 29.9 Å². The van der Waals surface area contributed by atoms with Gasteiger partial charge in [-0.3, -0.25) is 4.90 Å². The van der Waals surface area contributed by atoms with E-state index >= 15 is 0 Å². The van der Waals surface area contributed by atoms with Crippen LogP contribution in [0.25, 0.3) is 0 Å². The largest absolute Gasteiger partial charge is 0.299 e. The molecule has 14 heavy (non-hydrogen) atoms. The van der Waals surface area contributed by atoms with E-state index in [-0.39, 0.29) is 0 Å². The molecule has 1 fully saturated rings. The van der Waals surface area contributed by atoms with Gasteiger partial charge in [0.15, 0.2) is 0 Å². The fraction of sp³-hybridized carbons (Fsp3) is 1.00. The van der Waals surface area contributed by atoms with Gasteiger partial charge in [-0.15, -0.1) is 11.6 Å². The van der Waals surface area contributed by atoms with Crippen LogP contribution in [0.2, 0.25) is 0 Å². The fourth-order valence-electron chi connectivity index (χ4n) is 2.33. The van der Waals surface area contributed by atoms with Gasteiger partial charge in [0.2, 0.25) is 0 Å². The third kappa shape index (κ3) is 3.78. The summed E-state index contributed by atoms with van der Waals surface area (Å²) in [6.07, 6.45) is 6.92. The topological polar surface area (TPSA) is 3.24 Å². The average molecular weight is 218 g/mol. The molecule has 0 radical (unpaired) electrons. The van der Waals surface area contributed by atoms with Crippen molar-refractivity contribution in [2.45, 2.75) is 52.0 Å². The molecule has 0 aromatic heterocycles. The van der Waals surface area contributed by atoms with E-state index in [1.165, 1.54) is 38.6 Å². The minimum Gasteiger partial charge on any atom is -0.299 e. The third-order valence-electron chi connectivity index (χ3n) is 3.46. The molecule has 0 bridgehead atoms. The van der Waals surface area contributed by atoms with E-state index in [0.29, 0.717) is 0 Å². The smallest absolute Gasteiger partial charge is 0.0351 e. The highest BCUT2D eigenvalue weighted by molar-refractivity contribution is 6.18. The minimum atomic E-state index is 0.785. The average Bonchev–Trinajstić information content (AvgIpc) is 2.69. The number of halogens is 1. The van der Waals surface area contributed by atoms with E-state index < -0.39 is 0 Å². The van der Waals surface area contributed by atoms with E-state index in [2.05, 4.69) is 18.7 Å². The Labute approximate surface area is 93.8 Å². The Morgan fingerprint density at radius 1 is 1.36 bits per heavy atom. The van der Waals surface area contributed by atoms with Crippen LogP contribution < -0.4 is 0 Å². The molecule has 1 atom stereocenters. The molecule has 84 valence electrons. The predicted molar refractivity (Wildman–Crippen MR) is 64.0 cm³/mol. The molecule has 0 aromatic rings. The molecule has 0 amide bonds. The number of rotatable bonds is 6. The van der Waals surface area contributed by atoms with Gasteiger partial charge in [0.25, 0.3) is 0 Å². The molecule has 0 heterocycles. The van der Waals surface area contributed by atoms with Crippen molar-refractivity contribution >= 4 is 11.6 Å². The van der Waals surface area contributed by atoms with Crippen molar-refractivity contribution < 1.29 is 0 Å². The molecule has 0 spiro atoms. The Hall–Kier alpha value is 0.250. The lowest BCUT2D eigenvalue weighted by Crippen LogP contribution is -2.38. The molecule has 0 N–H and O–H groups in total. The van der Waals surface area contributed by atoms with Crippen LogP contribution in [0.3, 0.4) is 0 Å². The second kappa shape index (κ2) is 6.68. The van der Waals surface area contributed by atoms with Gasteiger partial charge in [0.1, 0.15) is 0 Å². The molecule has 0 aromatic carbocycles. The first-order chi connectivity index (χ1) is 6.77. The predicted octanol–water partition coefficient (Wildman–Crippen LogP) is 3.52. The van der Waals surface area contributed by atoms with Crippen molar-refractivity contribution in [3.63, 3.8) is 0 Å². The molecule has 1 unspecified atom stereocenters. The molecule has 1 aliphatic carbocycles. The number of alkyl halides is 1. The van der Waals surface area contributed by atoms with Crippen LogP contribution in [0, 0.1) is 5.92 Å². The number of hydrogen-bond acceptors (Lipinski definition) is 1. The normalized spacial score (nSPS) is 20.6. The summed E-state index contributed by atoms with van der Waals surface area (Å²) in [6.45, 7) is 6.94. The van der Waals surface area contributed by atoms with E-state index in [1.807, 2.05) is 0 Å². The van der Waals surface area contributed by atoms with Gasteiger partial charge in [0.05, 0.1) is 0 Å². The van der Waals surface area contributed by atoms with E-state index in [9.17, 15) is 0 Å². The van der Waals surface area contributed by atoms with Crippen molar-refractivity contribution in [1.29, 1.82) is 0 Å². The second-order valence-corrected chi connectivity index (χ2v) is 5.01. The zero-order valence-electron chi connectivity index (χ0n) is 9.64. The first-order valence-electron chi connectivity index (χ1n) is 6.08. The van der Waals surface area contributed by atoms with Gasteiger partial charge < -0.3 is 0 Å². The van der Waals surface area contributed by atoms with Crippen LogP contribution in [-0.2, 0) is 0 Å². The molecule has 1 nitrogen and oxygen atoms in total. The van der Waals surface area contributed by atoms with Crippen LogP contribution in [0.15, 0.2) is 0 Å². The van der Waals surface area contributed by atoms with Gasteiger partial charge in [-0.05, 0) is 18.8 Å². The van der Waals surface area contributed by atoms with Crippen LogP contribution >= 0.6 is 11.6 Å². The molecule has 0 saturated heterocycles. The first-order valence-corrected chi connectivity index (χ1v) is 6.61. The molecular formula is C12H24ClN. The van der Waals surface area contributed by atoms with Crippen molar-refractivity contribution in [3.8, 4) is 0 Å². The van der Waals surface area contributed by atoms with Gasteiger partial charge in [-0.25, -0.2) is 0 Å². The lowest BCUT2D eigenvalue weighted by atomic mass is 10.1. The zero-order chi connectivity index (χ0) is 10.4. The lowest BCUT2D eigenvalue weighted by Gasteiger charge is -2.30. The Balaban J connectivity index is 2.36. The maximum Gasteiger partial charge on any atom is 0.0351 e. The van der Waals surface area contributed by atoms with Crippen LogP contribution in [0.1, 0.15) is 46.0 Å². The third-order valence-corrected chi connectivity index (χ3v) is 3.62. The molecule has 1 aliphatic rings. The maximum absolute atomic E-state index is 5.86. The van der Waals surface area contributed by atoms with E-state index in [1.54, 1.807) is 0 Å². The monoisotopic (exact) mass is 217 g/mol. The maximum atomic E-state index is 5.86. The number of hydrogen-bond donors (Lipinski definition) is 0. The number of nitrogens with zero attached hydrogens (tertiary/aromatic N) is 1. The fourth-order valence-corrected chi connectivity index (χ4v) is 2.55. The molecular weight excluding hydrogens is 194 g/mol. The summed E-state index contributed by atoms with van der Waals surface area (Å²) in [5.74, 6) is 1.60. The summed E-state index contributed by atoms with van der Waals surface area (Å²) in [7, 11) is 0. The Morgan fingerprint density at radius 2 is 2.00 bits per heavy atom. The standard InChI is InChI=1S/C12H24ClN/c1-3-11(2)10-14(9-8-13)12-6-4-5-7-12/h11-12H,3-10H2,1-2H3. The first kappa shape index (κ1) is 12.3. The van der Waals surface area contributed by atoms with Gasteiger partial charge in [-0.1, -0.05) is 33.1 Å². The van der Waals surface area contributed by atoms with Crippen LogP contribution in [0.5, 0.6) is 0 Å². The van der Waals surface area contributed by atoms with Crippen molar-refractivity contribution in [3.05, 3.63) is 0 Å². The van der Waals surface area contributed by atoms with Crippen molar-refractivity contribution in [2.24, 2.45) is 5.92 Å². The molecule has 1 rings (SSSR count). The zero-order valence-corrected chi connectivity index (χ0v) is 10.4. The van der Waals surface area contributed by atoms with Crippen molar-refractivity contribution in [2.75, 3.05) is 19.0 Å². The van der Waals surface area contributed by atoms with Gasteiger partial charge >= 0.3 is 0 Å².